The molecule has 88 valence electrons. The predicted octanol–water partition coefficient (Wildman–Crippen LogP) is 2.63. The van der Waals surface area contributed by atoms with Crippen molar-refractivity contribution in [1.29, 1.82) is 0 Å². The highest BCUT2D eigenvalue weighted by atomic mass is 15.2. The maximum absolute atomic E-state index is 5.91. The summed E-state index contributed by atoms with van der Waals surface area (Å²) in [6, 6.07) is 10.6. The third-order valence-corrected chi connectivity index (χ3v) is 3.81. The third-order valence-electron chi connectivity index (χ3n) is 3.81. The Labute approximate surface area is 101 Å². The fourth-order valence-corrected chi connectivity index (χ4v) is 2.70. The standard InChI is InChI=1S/C14H17N3/c1-2-11-12(16-17-13(11)15)14(8-9-14)10-6-4-3-5-7-10/h3-7H,2,8-9H2,1H3,(H3,15,16,17). The van der Waals surface area contributed by atoms with Gasteiger partial charge in [0, 0.05) is 11.0 Å². The highest BCUT2D eigenvalue weighted by Gasteiger charge is 2.48. The Kier molecular flexibility index (Phi) is 2.21. The van der Waals surface area contributed by atoms with Gasteiger partial charge in [0.25, 0.3) is 0 Å². The minimum atomic E-state index is 0.150. The fraction of sp³-hybridized carbons (Fsp3) is 0.357. The van der Waals surface area contributed by atoms with Gasteiger partial charge in [-0.2, -0.15) is 5.10 Å². The summed E-state index contributed by atoms with van der Waals surface area (Å²) >= 11 is 0. The molecule has 1 aromatic carbocycles. The summed E-state index contributed by atoms with van der Waals surface area (Å²) in [5.74, 6) is 0.657. The highest BCUT2D eigenvalue weighted by Crippen LogP contribution is 2.54. The molecule has 17 heavy (non-hydrogen) atoms. The van der Waals surface area contributed by atoms with Crippen LogP contribution in [-0.2, 0) is 11.8 Å². The van der Waals surface area contributed by atoms with Crippen LogP contribution in [0.25, 0.3) is 0 Å². The minimum absolute atomic E-state index is 0.150. The number of nitrogen functional groups attached to an aromatic ring is 1. The molecule has 1 heterocycles. The molecule has 0 spiro atoms. The number of H-pyrrole nitrogens is 1. The van der Waals surface area contributed by atoms with E-state index in [-0.39, 0.29) is 5.41 Å². The molecular formula is C14H17N3. The van der Waals surface area contributed by atoms with Crippen molar-refractivity contribution in [3.05, 3.63) is 47.2 Å². The summed E-state index contributed by atoms with van der Waals surface area (Å²) in [6.45, 7) is 2.13. The number of nitrogens with two attached hydrogens (primary N) is 1. The van der Waals surface area contributed by atoms with E-state index in [0.29, 0.717) is 5.82 Å². The van der Waals surface area contributed by atoms with E-state index in [1.807, 2.05) is 0 Å². The molecule has 3 rings (SSSR count). The van der Waals surface area contributed by atoms with Crippen LogP contribution in [0, 0.1) is 0 Å². The van der Waals surface area contributed by atoms with Crippen molar-refractivity contribution in [3.63, 3.8) is 0 Å². The minimum Gasteiger partial charge on any atom is -0.382 e. The van der Waals surface area contributed by atoms with Gasteiger partial charge in [-0.25, -0.2) is 0 Å². The Balaban J connectivity index is 2.10. The van der Waals surface area contributed by atoms with Crippen LogP contribution in [0.5, 0.6) is 0 Å². The number of aromatic nitrogens is 2. The zero-order chi connectivity index (χ0) is 11.9. The van der Waals surface area contributed by atoms with E-state index < -0.39 is 0 Å². The summed E-state index contributed by atoms with van der Waals surface area (Å²) in [6.07, 6.45) is 3.31. The first-order valence-corrected chi connectivity index (χ1v) is 6.16. The fourth-order valence-electron chi connectivity index (χ4n) is 2.70. The summed E-state index contributed by atoms with van der Waals surface area (Å²) in [7, 11) is 0. The largest absolute Gasteiger partial charge is 0.382 e. The molecule has 1 aliphatic carbocycles. The van der Waals surface area contributed by atoms with Crippen molar-refractivity contribution >= 4 is 5.82 Å². The zero-order valence-corrected chi connectivity index (χ0v) is 10.0. The van der Waals surface area contributed by atoms with E-state index in [1.165, 1.54) is 29.7 Å². The number of nitrogens with zero attached hydrogens (tertiary/aromatic N) is 1. The predicted molar refractivity (Wildman–Crippen MR) is 68.8 cm³/mol. The van der Waals surface area contributed by atoms with E-state index in [2.05, 4.69) is 47.5 Å². The number of nitrogens with one attached hydrogen (secondary N) is 1. The first-order valence-electron chi connectivity index (χ1n) is 6.16. The molecule has 3 nitrogen and oxygen atoms in total. The molecule has 1 fully saturated rings. The van der Waals surface area contributed by atoms with E-state index in [4.69, 9.17) is 5.73 Å². The van der Waals surface area contributed by atoms with Crippen LogP contribution in [-0.4, -0.2) is 10.2 Å². The van der Waals surface area contributed by atoms with E-state index in [9.17, 15) is 0 Å². The molecule has 0 unspecified atom stereocenters. The van der Waals surface area contributed by atoms with Crippen LogP contribution < -0.4 is 5.73 Å². The van der Waals surface area contributed by atoms with Gasteiger partial charge >= 0.3 is 0 Å². The maximum Gasteiger partial charge on any atom is 0.148 e. The van der Waals surface area contributed by atoms with Gasteiger partial charge in [-0.15, -0.1) is 0 Å². The van der Waals surface area contributed by atoms with Crippen LogP contribution in [0.2, 0.25) is 0 Å². The van der Waals surface area contributed by atoms with Crippen molar-refractivity contribution in [1.82, 2.24) is 10.2 Å². The molecule has 0 atom stereocenters. The first kappa shape index (κ1) is 10.4. The van der Waals surface area contributed by atoms with Crippen LogP contribution in [0.1, 0.15) is 36.6 Å². The van der Waals surface area contributed by atoms with Crippen molar-refractivity contribution in [2.75, 3.05) is 5.73 Å². The topological polar surface area (TPSA) is 54.7 Å². The van der Waals surface area contributed by atoms with Crippen molar-refractivity contribution in [2.24, 2.45) is 0 Å². The molecule has 0 aliphatic heterocycles. The number of anilines is 1. The normalized spacial score (nSPS) is 17.0. The van der Waals surface area contributed by atoms with Crippen molar-refractivity contribution in [3.8, 4) is 0 Å². The molecule has 0 radical (unpaired) electrons. The molecule has 0 saturated heterocycles. The lowest BCUT2D eigenvalue weighted by Gasteiger charge is -2.15. The zero-order valence-electron chi connectivity index (χ0n) is 10.0. The van der Waals surface area contributed by atoms with Gasteiger partial charge in [0.05, 0.1) is 5.69 Å². The smallest absolute Gasteiger partial charge is 0.148 e. The number of hydrogen-bond donors (Lipinski definition) is 2. The second-order valence-electron chi connectivity index (χ2n) is 4.76. The SMILES string of the molecule is CCc1c(N)n[nH]c1C1(c2ccccc2)CC1. The Morgan fingerprint density at radius 3 is 2.59 bits per heavy atom. The lowest BCUT2D eigenvalue weighted by molar-refractivity contribution is 0.778. The first-order chi connectivity index (χ1) is 8.28. The molecule has 1 saturated carbocycles. The van der Waals surface area contributed by atoms with Gasteiger partial charge in [-0.05, 0) is 24.8 Å². The Morgan fingerprint density at radius 2 is 2.00 bits per heavy atom. The number of hydrogen-bond acceptors (Lipinski definition) is 2. The van der Waals surface area contributed by atoms with Crippen LogP contribution in [0.3, 0.4) is 0 Å². The molecule has 3 N–H and O–H groups in total. The quantitative estimate of drug-likeness (QED) is 0.847. The van der Waals surface area contributed by atoms with Gasteiger partial charge in [0.1, 0.15) is 5.82 Å². The molecular weight excluding hydrogens is 210 g/mol. The van der Waals surface area contributed by atoms with Crippen LogP contribution >= 0.6 is 0 Å². The number of aromatic amines is 1. The molecule has 0 amide bonds. The maximum atomic E-state index is 5.91. The Morgan fingerprint density at radius 1 is 1.29 bits per heavy atom. The third kappa shape index (κ3) is 1.46. The second-order valence-corrected chi connectivity index (χ2v) is 4.76. The molecule has 1 aliphatic rings. The lowest BCUT2D eigenvalue weighted by atomic mass is 9.89. The number of rotatable bonds is 3. The van der Waals surface area contributed by atoms with Gasteiger partial charge in [-0.3, -0.25) is 5.10 Å². The molecule has 1 aromatic heterocycles. The summed E-state index contributed by atoms with van der Waals surface area (Å²) < 4.78 is 0. The summed E-state index contributed by atoms with van der Waals surface area (Å²) in [4.78, 5) is 0. The monoisotopic (exact) mass is 227 g/mol. The van der Waals surface area contributed by atoms with Gasteiger partial charge in [0.15, 0.2) is 0 Å². The second kappa shape index (κ2) is 3.62. The Bertz CT molecular complexity index is 524. The van der Waals surface area contributed by atoms with E-state index in [1.54, 1.807) is 0 Å². The van der Waals surface area contributed by atoms with Crippen LogP contribution in [0.4, 0.5) is 5.82 Å². The van der Waals surface area contributed by atoms with E-state index >= 15 is 0 Å². The molecule has 3 heteroatoms. The molecule has 0 bridgehead atoms. The summed E-state index contributed by atoms with van der Waals surface area (Å²) in [5.41, 5.74) is 9.85. The van der Waals surface area contributed by atoms with Gasteiger partial charge in [0.2, 0.25) is 0 Å². The molecule has 2 aromatic rings. The lowest BCUT2D eigenvalue weighted by Crippen LogP contribution is -2.11. The van der Waals surface area contributed by atoms with Crippen molar-refractivity contribution < 1.29 is 0 Å². The number of benzene rings is 1. The Hall–Kier alpha value is -1.77. The van der Waals surface area contributed by atoms with Crippen LogP contribution in [0.15, 0.2) is 30.3 Å². The average molecular weight is 227 g/mol. The van der Waals surface area contributed by atoms with E-state index in [0.717, 1.165) is 6.42 Å². The van der Waals surface area contributed by atoms with Crippen molar-refractivity contribution in [2.45, 2.75) is 31.6 Å². The summed E-state index contributed by atoms with van der Waals surface area (Å²) in [5, 5.41) is 7.32. The highest BCUT2D eigenvalue weighted by molar-refractivity contribution is 5.52. The van der Waals surface area contributed by atoms with Gasteiger partial charge < -0.3 is 5.73 Å². The average Bonchev–Trinajstić information content (AvgIpc) is 3.09. The van der Waals surface area contributed by atoms with Gasteiger partial charge in [-0.1, -0.05) is 37.3 Å².